The number of rotatable bonds is 5. The van der Waals surface area contributed by atoms with E-state index in [4.69, 9.17) is 5.73 Å². The summed E-state index contributed by atoms with van der Waals surface area (Å²) in [4.78, 5) is 16.7. The molecule has 2 fully saturated rings. The van der Waals surface area contributed by atoms with Gasteiger partial charge in [0.15, 0.2) is 9.84 Å². The number of nitrogens with zero attached hydrogens (tertiary/aromatic N) is 2. The third-order valence-corrected chi connectivity index (χ3v) is 9.09. The fraction of sp³-hybridized carbons (Fsp3) is 0.947. The fourth-order valence-electron chi connectivity index (χ4n) is 4.19. The highest BCUT2D eigenvalue weighted by molar-refractivity contribution is 8.93. The summed E-state index contributed by atoms with van der Waals surface area (Å²) in [6.45, 7) is 10.3. The van der Waals surface area contributed by atoms with E-state index in [1.54, 1.807) is 20.8 Å². The first-order valence-electron chi connectivity index (χ1n) is 9.85. The van der Waals surface area contributed by atoms with E-state index in [0.717, 1.165) is 19.3 Å². The van der Waals surface area contributed by atoms with Crippen molar-refractivity contribution in [1.29, 1.82) is 0 Å². The first kappa shape index (κ1) is 28.3. The molecule has 0 aromatic carbocycles. The Kier molecular flexibility index (Phi) is 10.7. The summed E-state index contributed by atoms with van der Waals surface area (Å²) in [7, 11) is -1.13. The Bertz CT molecular complexity index is 622. The topological polar surface area (TPSA) is 83.7 Å². The van der Waals surface area contributed by atoms with E-state index in [9.17, 15) is 13.2 Å². The summed E-state index contributed by atoms with van der Waals surface area (Å²) in [6.07, 6.45) is 3.33. The van der Waals surface area contributed by atoms with Crippen molar-refractivity contribution in [3.63, 3.8) is 0 Å². The van der Waals surface area contributed by atoms with Crippen molar-refractivity contribution in [2.45, 2.75) is 89.2 Å². The predicted octanol–water partition coefficient (Wildman–Crippen LogP) is 2.79. The van der Waals surface area contributed by atoms with Gasteiger partial charge in [0.1, 0.15) is 0 Å². The summed E-state index contributed by atoms with van der Waals surface area (Å²) in [5, 5.41) is 0. The molecule has 0 aromatic heterocycles. The molecule has 0 bridgehead atoms. The molecule has 1 saturated carbocycles. The summed E-state index contributed by atoms with van der Waals surface area (Å²) in [6, 6.07) is 0.340. The van der Waals surface area contributed by atoms with Gasteiger partial charge in [0.05, 0.1) is 16.5 Å². The Labute approximate surface area is 192 Å². The zero-order valence-electron chi connectivity index (χ0n) is 18.1. The molecule has 0 aromatic rings. The lowest BCUT2D eigenvalue weighted by Crippen LogP contribution is -2.53. The highest BCUT2D eigenvalue weighted by Crippen LogP contribution is 2.36. The molecule has 4 atom stereocenters. The zero-order chi connectivity index (χ0) is 19.9. The lowest BCUT2D eigenvalue weighted by Gasteiger charge is -2.45. The number of nitrogens with two attached hydrogens (primary N) is 1. The van der Waals surface area contributed by atoms with Crippen molar-refractivity contribution in [3.05, 3.63) is 0 Å². The van der Waals surface area contributed by atoms with Crippen LogP contribution in [0.4, 0.5) is 0 Å². The van der Waals surface area contributed by atoms with E-state index in [2.05, 4.69) is 25.8 Å². The van der Waals surface area contributed by atoms with Crippen LogP contribution in [0, 0.1) is 5.92 Å². The minimum atomic E-state index is -3.25. The van der Waals surface area contributed by atoms with Crippen LogP contribution in [0.3, 0.4) is 0 Å². The molecule has 1 heterocycles. The molecule has 28 heavy (non-hydrogen) atoms. The summed E-state index contributed by atoms with van der Waals surface area (Å²) >= 11 is 0. The first-order chi connectivity index (χ1) is 11.8. The molecular weight excluding hydrogens is 510 g/mol. The van der Waals surface area contributed by atoms with Crippen LogP contribution in [0.15, 0.2) is 0 Å². The quantitative estimate of drug-likeness (QED) is 0.571. The molecule has 2 N–H and O–H groups in total. The van der Waals surface area contributed by atoms with Gasteiger partial charge < -0.3 is 15.5 Å². The van der Waals surface area contributed by atoms with Crippen LogP contribution in [0.25, 0.3) is 0 Å². The van der Waals surface area contributed by atoms with E-state index in [-0.39, 0.29) is 57.6 Å². The Morgan fingerprint density at radius 1 is 1.18 bits per heavy atom. The van der Waals surface area contributed by atoms with E-state index in [0.29, 0.717) is 25.0 Å². The predicted molar refractivity (Wildman–Crippen MR) is 126 cm³/mol. The second-order valence-corrected chi connectivity index (χ2v) is 12.2. The molecule has 0 unspecified atom stereocenters. The maximum absolute atomic E-state index is 12.9. The van der Waals surface area contributed by atoms with Crippen molar-refractivity contribution in [2.75, 3.05) is 19.3 Å². The molecule has 0 radical (unpaired) electrons. The molecule has 6 nitrogen and oxygen atoms in total. The van der Waals surface area contributed by atoms with Crippen LogP contribution in [0.5, 0.6) is 0 Å². The van der Waals surface area contributed by atoms with Gasteiger partial charge in [-0.1, -0.05) is 0 Å². The van der Waals surface area contributed by atoms with Crippen molar-refractivity contribution in [1.82, 2.24) is 9.80 Å². The van der Waals surface area contributed by atoms with E-state index < -0.39 is 20.6 Å². The number of likely N-dealkylation sites (tertiary alicyclic amines) is 1. The number of amides is 1. The SMILES string of the molecule is Br.Br.CC(C)N(C)[C@@H]1CC[C@H](N2CC[C@H](N)C2=O)[C@H](CS(=O)(=O)C(C)(C)C)C1. The normalized spacial score (nSPS) is 29.0. The molecule has 1 amide bonds. The Morgan fingerprint density at radius 2 is 1.75 bits per heavy atom. The van der Waals surface area contributed by atoms with E-state index >= 15 is 0 Å². The Hall–Kier alpha value is 0.300. The highest BCUT2D eigenvalue weighted by Gasteiger charge is 2.44. The van der Waals surface area contributed by atoms with Crippen molar-refractivity contribution in [3.8, 4) is 0 Å². The molecular formula is C19H39Br2N3O3S. The van der Waals surface area contributed by atoms with E-state index in [1.165, 1.54) is 0 Å². The van der Waals surface area contributed by atoms with Crippen LogP contribution in [-0.2, 0) is 14.6 Å². The maximum atomic E-state index is 12.9. The van der Waals surface area contributed by atoms with Gasteiger partial charge in [-0.05, 0) is 73.3 Å². The van der Waals surface area contributed by atoms with Crippen molar-refractivity contribution >= 4 is 49.7 Å². The van der Waals surface area contributed by atoms with Gasteiger partial charge in [-0.3, -0.25) is 4.79 Å². The zero-order valence-corrected chi connectivity index (χ0v) is 22.3. The van der Waals surface area contributed by atoms with Gasteiger partial charge in [0, 0.05) is 24.7 Å². The van der Waals surface area contributed by atoms with Crippen molar-refractivity contribution in [2.24, 2.45) is 11.7 Å². The van der Waals surface area contributed by atoms with Crippen LogP contribution in [-0.4, -0.2) is 72.4 Å². The van der Waals surface area contributed by atoms with Gasteiger partial charge in [0.25, 0.3) is 0 Å². The molecule has 2 rings (SSSR count). The molecule has 1 aliphatic heterocycles. The fourth-order valence-corrected chi connectivity index (χ4v) is 5.61. The van der Waals surface area contributed by atoms with Gasteiger partial charge in [0.2, 0.25) is 5.91 Å². The number of sulfone groups is 1. The van der Waals surface area contributed by atoms with Crippen LogP contribution < -0.4 is 5.73 Å². The largest absolute Gasteiger partial charge is 0.338 e. The average Bonchev–Trinajstić information content (AvgIpc) is 2.84. The minimum Gasteiger partial charge on any atom is -0.338 e. The molecule has 0 spiro atoms. The van der Waals surface area contributed by atoms with Gasteiger partial charge in [-0.25, -0.2) is 8.42 Å². The van der Waals surface area contributed by atoms with Crippen LogP contribution in [0.1, 0.15) is 60.3 Å². The number of hydrogen-bond acceptors (Lipinski definition) is 5. The number of carbonyl (C=O) groups is 1. The smallest absolute Gasteiger partial charge is 0.239 e. The van der Waals surface area contributed by atoms with Gasteiger partial charge in [-0.15, -0.1) is 34.0 Å². The molecule has 2 aliphatic rings. The standard InChI is InChI=1S/C19H37N3O3S.2BrH/c1-13(2)21(6)15-7-8-17(22-10-9-16(20)18(22)23)14(11-15)12-26(24,25)19(3,4)5;;/h13-17H,7-12,20H2,1-6H3;2*1H/t14-,15+,16-,17-;;/m0../s1. The summed E-state index contributed by atoms with van der Waals surface area (Å²) in [5.41, 5.74) is 5.91. The number of carbonyl (C=O) groups excluding carboxylic acids is 1. The number of hydrogen-bond donors (Lipinski definition) is 1. The average molecular weight is 549 g/mol. The summed E-state index contributed by atoms with van der Waals surface area (Å²) in [5.74, 6) is 0.0973. The second-order valence-electron chi connectivity index (χ2n) is 9.37. The lowest BCUT2D eigenvalue weighted by molar-refractivity contribution is -0.132. The van der Waals surface area contributed by atoms with Crippen molar-refractivity contribution < 1.29 is 13.2 Å². The lowest BCUT2D eigenvalue weighted by atomic mass is 9.81. The Morgan fingerprint density at radius 3 is 2.18 bits per heavy atom. The molecule has 168 valence electrons. The highest BCUT2D eigenvalue weighted by atomic mass is 79.9. The second kappa shape index (κ2) is 10.6. The molecule has 9 heteroatoms. The van der Waals surface area contributed by atoms with E-state index in [1.807, 2.05) is 4.90 Å². The van der Waals surface area contributed by atoms with Gasteiger partial charge in [-0.2, -0.15) is 0 Å². The first-order valence-corrected chi connectivity index (χ1v) is 11.5. The third kappa shape index (κ3) is 6.15. The number of halogens is 2. The third-order valence-electron chi connectivity index (χ3n) is 6.35. The molecule has 1 aliphatic carbocycles. The van der Waals surface area contributed by atoms with Crippen LogP contribution >= 0.6 is 34.0 Å². The minimum absolute atomic E-state index is 0. The monoisotopic (exact) mass is 547 g/mol. The van der Waals surface area contributed by atoms with Crippen LogP contribution in [0.2, 0.25) is 0 Å². The van der Waals surface area contributed by atoms with Gasteiger partial charge >= 0.3 is 0 Å². The summed E-state index contributed by atoms with van der Waals surface area (Å²) < 4.78 is 25.0. The Balaban J connectivity index is 0.00000364. The maximum Gasteiger partial charge on any atom is 0.239 e. The molecule has 1 saturated heterocycles.